The van der Waals surface area contributed by atoms with Crippen molar-refractivity contribution in [2.45, 2.75) is 6.92 Å². The average molecular weight is 269 g/mol. The summed E-state index contributed by atoms with van der Waals surface area (Å²) in [5.41, 5.74) is 1.91. The monoisotopic (exact) mass is 269 g/mol. The van der Waals surface area contributed by atoms with Gasteiger partial charge in [0.1, 0.15) is 5.52 Å². The van der Waals surface area contributed by atoms with Gasteiger partial charge in [0.15, 0.2) is 11.5 Å². The molecule has 100 valence electrons. The van der Waals surface area contributed by atoms with Crippen molar-refractivity contribution in [2.75, 3.05) is 5.32 Å². The predicted octanol–water partition coefficient (Wildman–Crippen LogP) is 2.08. The van der Waals surface area contributed by atoms with Gasteiger partial charge in [-0.1, -0.05) is 0 Å². The Morgan fingerprint density at radius 2 is 2.15 bits per heavy atom. The van der Waals surface area contributed by atoms with E-state index in [1.165, 1.54) is 18.3 Å². The molecule has 0 aliphatic heterocycles. The van der Waals surface area contributed by atoms with E-state index in [1.807, 2.05) is 0 Å². The maximum Gasteiger partial charge on any atom is 0.255 e. The number of oxazole rings is 1. The quantitative estimate of drug-likeness (QED) is 0.745. The number of nitrogens with zero attached hydrogens (tertiary/aromatic N) is 1. The molecule has 6 nitrogen and oxygen atoms in total. The number of aryl methyl sites for hydroxylation is 1. The van der Waals surface area contributed by atoms with Crippen LogP contribution < -0.4 is 10.9 Å². The van der Waals surface area contributed by atoms with E-state index in [9.17, 15) is 9.59 Å². The molecule has 0 saturated heterocycles. The van der Waals surface area contributed by atoms with Crippen molar-refractivity contribution < 1.29 is 9.21 Å². The van der Waals surface area contributed by atoms with Crippen molar-refractivity contribution in [1.82, 2.24) is 9.97 Å². The molecule has 20 heavy (non-hydrogen) atoms. The van der Waals surface area contributed by atoms with Crippen LogP contribution in [0.5, 0.6) is 0 Å². The normalized spacial score (nSPS) is 10.7. The molecule has 0 atom stereocenters. The Hall–Kier alpha value is -2.89. The van der Waals surface area contributed by atoms with Crippen LogP contribution in [0.25, 0.3) is 11.1 Å². The molecule has 0 radical (unpaired) electrons. The maximum absolute atomic E-state index is 12.0. The Kier molecular flexibility index (Phi) is 2.83. The first-order valence-corrected chi connectivity index (χ1v) is 5.99. The molecule has 0 saturated carbocycles. The van der Waals surface area contributed by atoms with Crippen LogP contribution in [0.1, 0.15) is 16.2 Å². The topological polar surface area (TPSA) is 88.0 Å². The minimum atomic E-state index is -0.351. The van der Waals surface area contributed by atoms with Crippen molar-refractivity contribution in [1.29, 1.82) is 0 Å². The van der Waals surface area contributed by atoms with Crippen LogP contribution in [0, 0.1) is 6.92 Å². The second kappa shape index (κ2) is 4.65. The number of rotatable bonds is 2. The lowest BCUT2D eigenvalue weighted by molar-refractivity contribution is 0.102. The van der Waals surface area contributed by atoms with Gasteiger partial charge in [0, 0.05) is 30.4 Å². The fourth-order valence-electron chi connectivity index (χ4n) is 1.91. The summed E-state index contributed by atoms with van der Waals surface area (Å²) < 4.78 is 5.36. The van der Waals surface area contributed by atoms with Gasteiger partial charge in [0.25, 0.3) is 5.91 Å². The molecular formula is C14H11N3O3. The van der Waals surface area contributed by atoms with Gasteiger partial charge in [-0.2, -0.15) is 0 Å². The molecule has 2 N–H and O–H groups in total. The number of fused-ring (bicyclic) bond motifs is 1. The highest BCUT2D eigenvalue weighted by Gasteiger charge is 2.08. The Labute approximate surface area is 113 Å². The van der Waals surface area contributed by atoms with Crippen LogP contribution >= 0.6 is 0 Å². The minimum Gasteiger partial charge on any atom is -0.441 e. The van der Waals surface area contributed by atoms with E-state index < -0.39 is 0 Å². The summed E-state index contributed by atoms with van der Waals surface area (Å²) in [4.78, 5) is 29.8. The van der Waals surface area contributed by atoms with Gasteiger partial charge < -0.3 is 14.7 Å². The third-order valence-corrected chi connectivity index (χ3v) is 2.79. The molecule has 0 aliphatic carbocycles. The van der Waals surface area contributed by atoms with Crippen LogP contribution in [-0.4, -0.2) is 15.9 Å². The van der Waals surface area contributed by atoms with E-state index in [0.717, 1.165) is 0 Å². The molecule has 6 heteroatoms. The highest BCUT2D eigenvalue weighted by molar-refractivity contribution is 6.04. The number of amides is 1. The van der Waals surface area contributed by atoms with Gasteiger partial charge >= 0.3 is 0 Å². The van der Waals surface area contributed by atoms with E-state index >= 15 is 0 Å². The van der Waals surface area contributed by atoms with E-state index in [2.05, 4.69) is 15.3 Å². The van der Waals surface area contributed by atoms with Gasteiger partial charge in [-0.15, -0.1) is 0 Å². The molecule has 0 spiro atoms. The van der Waals surface area contributed by atoms with Crippen molar-refractivity contribution in [3.8, 4) is 0 Å². The summed E-state index contributed by atoms with van der Waals surface area (Å²) in [7, 11) is 0. The largest absolute Gasteiger partial charge is 0.441 e. The Morgan fingerprint density at radius 3 is 2.95 bits per heavy atom. The molecule has 0 bridgehead atoms. The number of H-pyrrole nitrogens is 1. The second-order valence-corrected chi connectivity index (χ2v) is 4.31. The molecule has 3 aromatic rings. The summed E-state index contributed by atoms with van der Waals surface area (Å²) >= 11 is 0. The molecule has 0 aliphatic rings. The number of hydrogen-bond donors (Lipinski definition) is 2. The van der Waals surface area contributed by atoms with Crippen molar-refractivity contribution >= 4 is 22.7 Å². The number of aromatic amines is 1. The van der Waals surface area contributed by atoms with Crippen molar-refractivity contribution in [3.05, 3.63) is 58.3 Å². The van der Waals surface area contributed by atoms with Crippen molar-refractivity contribution in [2.24, 2.45) is 0 Å². The summed E-state index contributed by atoms with van der Waals surface area (Å²) in [6, 6.07) is 7.96. The molecule has 2 heterocycles. The van der Waals surface area contributed by atoms with Crippen LogP contribution in [-0.2, 0) is 0 Å². The van der Waals surface area contributed by atoms with Crippen LogP contribution in [0.2, 0.25) is 0 Å². The van der Waals surface area contributed by atoms with Crippen LogP contribution in [0.3, 0.4) is 0 Å². The summed E-state index contributed by atoms with van der Waals surface area (Å²) in [5.74, 6) is 0.216. The number of carbonyl (C=O) groups is 1. The fraction of sp³-hybridized carbons (Fsp3) is 0.0714. The van der Waals surface area contributed by atoms with E-state index in [4.69, 9.17) is 4.42 Å². The van der Waals surface area contributed by atoms with Crippen molar-refractivity contribution in [3.63, 3.8) is 0 Å². The number of carbonyl (C=O) groups excluding carboxylic acids is 1. The zero-order chi connectivity index (χ0) is 14.1. The minimum absolute atomic E-state index is 0.296. The van der Waals surface area contributed by atoms with Crippen LogP contribution in [0.4, 0.5) is 5.69 Å². The number of nitrogens with one attached hydrogen (secondary N) is 2. The first-order valence-electron chi connectivity index (χ1n) is 5.99. The lowest BCUT2D eigenvalue weighted by Crippen LogP contribution is -2.15. The standard InChI is InChI=1S/C14H11N3O3/c1-8-16-11-7-10(2-3-12(11)20-8)17-14(19)9-4-5-15-13(18)6-9/h2-7H,1H3,(H,15,18)(H,17,19). The molecule has 0 unspecified atom stereocenters. The first kappa shape index (κ1) is 12.2. The van der Waals surface area contributed by atoms with E-state index in [0.29, 0.717) is 28.2 Å². The average Bonchev–Trinajstić information content (AvgIpc) is 2.78. The van der Waals surface area contributed by atoms with Gasteiger partial charge in [0.05, 0.1) is 0 Å². The maximum atomic E-state index is 12.0. The smallest absolute Gasteiger partial charge is 0.255 e. The third kappa shape index (κ3) is 2.31. The van der Waals surface area contributed by atoms with Gasteiger partial charge in [-0.25, -0.2) is 4.98 Å². The number of pyridine rings is 1. The van der Waals surface area contributed by atoms with Crippen LogP contribution in [0.15, 0.2) is 45.7 Å². The summed E-state index contributed by atoms with van der Waals surface area (Å²) in [5, 5.41) is 2.71. The number of benzene rings is 1. The second-order valence-electron chi connectivity index (χ2n) is 4.31. The molecule has 0 fully saturated rings. The Morgan fingerprint density at radius 1 is 1.30 bits per heavy atom. The summed E-state index contributed by atoms with van der Waals surface area (Å²) in [6.45, 7) is 1.76. The lowest BCUT2D eigenvalue weighted by Gasteiger charge is -2.04. The molecule has 2 aromatic heterocycles. The van der Waals surface area contributed by atoms with E-state index in [-0.39, 0.29) is 11.5 Å². The Balaban J connectivity index is 1.88. The zero-order valence-corrected chi connectivity index (χ0v) is 10.6. The molecule has 1 aromatic carbocycles. The van der Waals surface area contributed by atoms with Gasteiger partial charge in [0.2, 0.25) is 5.56 Å². The molecule has 3 rings (SSSR count). The summed E-state index contributed by atoms with van der Waals surface area (Å²) in [6.07, 6.45) is 1.43. The number of anilines is 1. The van der Waals surface area contributed by atoms with E-state index in [1.54, 1.807) is 25.1 Å². The zero-order valence-electron chi connectivity index (χ0n) is 10.6. The molecular weight excluding hydrogens is 258 g/mol. The third-order valence-electron chi connectivity index (χ3n) is 2.79. The SMILES string of the molecule is Cc1nc2cc(NC(=O)c3cc[nH]c(=O)c3)ccc2o1. The first-order chi connectivity index (χ1) is 9.61. The highest BCUT2D eigenvalue weighted by atomic mass is 16.3. The van der Waals surface area contributed by atoms with Gasteiger partial charge in [-0.05, 0) is 24.3 Å². The fourth-order valence-corrected chi connectivity index (χ4v) is 1.91. The number of aromatic nitrogens is 2. The molecule has 1 amide bonds. The van der Waals surface area contributed by atoms with Gasteiger partial charge in [-0.3, -0.25) is 9.59 Å². The predicted molar refractivity (Wildman–Crippen MR) is 73.8 cm³/mol. The highest BCUT2D eigenvalue weighted by Crippen LogP contribution is 2.20. The lowest BCUT2D eigenvalue weighted by atomic mass is 10.2. The number of hydrogen-bond acceptors (Lipinski definition) is 4. The Bertz CT molecular complexity index is 848.